The number of hydrogen-bond acceptors (Lipinski definition) is 2. The first-order chi connectivity index (χ1) is 11.6. The topological polar surface area (TPSA) is 51.1 Å². The second-order valence-electron chi connectivity index (χ2n) is 5.69. The Morgan fingerprint density at radius 1 is 1.25 bits per heavy atom. The van der Waals surface area contributed by atoms with Gasteiger partial charge in [0.1, 0.15) is 12.4 Å². The molecule has 0 fully saturated rings. The van der Waals surface area contributed by atoms with E-state index in [0.29, 0.717) is 22.8 Å². The van der Waals surface area contributed by atoms with Gasteiger partial charge in [-0.3, -0.25) is 9.59 Å². The molecule has 4 nitrogen and oxygen atoms in total. The molecule has 0 aliphatic rings. The molecule has 0 aliphatic carbocycles. The normalized spacial score (nSPS) is 12.1. The van der Waals surface area contributed by atoms with Crippen molar-refractivity contribution in [3.05, 3.63) is 71.7 Å². The average molecular weight is 324 g/mol. The van der Waals surface area contributed by atoms with Crippen LogP contribution in [0, 0.1) is 5.82 Å². The Labute approximate surface area is 138 Å². The zero-order chi connectivity index (χ0) is 17.1. The highest BCUT2D eigenvalue weighted by molar-refractivity contribution is 5.98. The molecule has 0 radical (unpaired) electrons. The van der Waals surface area contributed by atoms with E-state index in [1.807, 2.05) is 37.3 Å². The lowest BCUT2D eigenvalue weighted by Gasteiger charge is -2.15. The van der Waals surface area contributed by atoms with E-state index in [9.17, 15) is 14.0 Å². The van der Waals surface area contributed by atoms with E-state index < -0.39 is 5.82 Å². The van der Waals surface area contributed by atoms with E-state index in [1.54, 1.807) is 16.8 Å². The molecule has 3 aromatic rings. The SMILES string of the molecule is CC(NC(=O)Cn1cc(C=O)c2cc(F)ccc21)c1ccccc1. The van der Waals surface area contributed by atoms with Crippen LogP contribution >= 0.6 is 0 Å². The summed E-state index contributed by atoms with van der Waals surface area (Å²) < 4.78 is 15.0. The maximum absolute atomic E-state index is 13.4. The van der Waals surface area contributed by atoms with Crippen molar-refractivity contribution in [3.8, 4) is 0 Å². The van der Waals surface area contributed by atoms with Gasteiger partial charge in [0.2, 0.25) is 5.91 Å². The minimum Gasteiger partial charge on any atom is -0.348 e. The van der Waals surface area contributed by atoms with Crippen LogP contribution in [0.1, 0.15) is 28.9 Å². The second kappa shape index (κ2) is 6.66. The molecule has 0 saturated heterocycles. The minimum atomic E-state index is -0.412. The number of nitrogens with zero attached hydrogens (tertiary/aromatic N) is 1. The van der Waals surface area contributed by atoms with Crippen molar-refractivity contribution in [2.75, 3.05) is 0 Å². The quantitative estimate of drug-likeness (QED) is 0.731. The summed E-state index contributed by atoms with van der Waals surface area (Å²) in [5.41, 5.74) is 2.04. The Balaban J connectivity index is 1.80. The summed E-state index contributed by atoms with van der Waals surface area (Å²) in [5.74, 6) is -0.587. The highest BCUT2D eigenvalue weighted by atomic mass is 19.1. The van der Waals surface area contributed by atoms with E-state index in [2.05, 4.69) is 5.32 Å². The van der Waals surface area contributed by atoms with Gasteiger partial charge in [-0.15, -0.1) is 0 Å². The van der Waals surface area contributed by atoms with Gasteiger partial charge in [-0.1, -0.05) is 30.3 Å². The molecule has 0 saturated carbocycles. The smallest absolute Gasteiger partial charge is 0.240 e. The standard InChI is InChI=1S/C19H17FN2O2/c1-13(14-5-3-2-4-6-14)21-19(24)11-22-10-15(12-23)17-9-16(20)7-8-18(17)22/h2-10,12-13H,11H2,1H3,(H,21,24). The number of benzene rings is 2. The molecular formula is C19H17FN2O2. The lowest BCUT2D eigenvalue weighted by atomic mass is 10.1. The van der Waals surface area contributed by atoms with Crippen molar-refractivity contribution in [3.63, 3.8) is 0 Å². The summed E-state index contributed by atoms with van der Waals surface area (Å²) >= 11 is 0. The van der Waals surface area contributed by atoms with Gasteiger partial charge in [-0.25, -0.2) is 4.39 Å². The highest BCUT2D eigenvalue weighted by Gasteiger charge is 2.13. The lowest BCUT2D eigenvalue weighted by Crippen LogP contribution is -2.29. The molecule has 1 N–H and O–H groups in total. The molecular weight excluding hydrogens is 307 g/mol. The zero-order valence-corrected chi connectivity index (χ0v) is 13.2. The third-order valence-electron chi connectivity index (χ3n) is 3.99. The van der Waals surface area contributed by atoms with Crippen LogP contribution in [-0.4, -0.2) is 16.8 Å². The first-order valence-corrected chi connectivity index (χ1v) is 7.66. The van der Waals surface area contributed by atoms with Crippen LogP contribution < -0.4 is 5.32 Å². The first-order valence-electron chi connectivity index (χ1n) is 7.66. The lowest BCUT2D eigenvalue weighted by molar-refractivity contribution is -0.122. The van der Waals surface area contributed by atoms with E-state index in [-0.39, 0.29) is 18.5 Å². The van der Waals surface area contributed by atoms with Crippen LogP contribution in [0.15, 0.2) is 54.7 Å². The fraction of sp³-hybridized carbons (Fsp3) is 0.158. The van der Waals surface area contributed by atoms with Gasteiger partial charge < -0.3 is 9.88 Å². The highest BCUT2D eigenvalue weighted by Crippen LogP contribution is 2.21. The molecule has 1 unspecified atom stereocenters. The van der Waals surface area contributed by atoms with Crippen molar-refractivity contribution < 1.29 is 14.0 Å². The van der Waals surface area contributed by atoms with Crippen molar-refractivity contribution in [2.24, 2.45) is 0 Å². The van der Waals surface area contributed by atoms with Gasteiger partial charge in [-0.05, 0) is 30.7 Å². The Bertz CT molecular complexity index is 887. The molecule has 5 heteroatoms. The summed E-state index contributed by atoms with van der Waals surface area (Å²) in [6.07, 6.45) is 2.24. The Kier molecular flexibility index (Phi) is 4.42. The van der Waals surface area contributed by atoms with Gasteiger partial charge in [-0.2, -0.15) is 0 Å². The van der Waals surface area contributed by atoms with Crippen LogP contribution in [0.4, 0.5) is 4.39 Å². The molecule has 1 aromatic heterocycles. The van der Waals surface area contributed by atoms with Crippen molar-refractivity contribution in [1.29, 1.82) is 0 Å². The molecule has 0 spiro atoms. The number of aldehydes is 1. The zero-order valence-electron chi connectivity index (χ0n) is 13.2. The number of nitrogens with one attached hydrogen (secondary N) is 1. The largest absolute Gasteiger partial charge is 0.348 e. The van der Waals surface area contributed by atoms with Crippen LogP contribution in [0.2, 0.25) is 0 Å². The molecule has 1 atom stereocenters. The van der Waals surface area contributed by atoms with Gasteiger partial charge in [0.05, 0.1) is 6.04 Å². The third-order valence-corrected chi connectivity index (χ3v) is 3.99. The molecule has 0 aliphatic heterocycles. The Hall–Kier alpha value is -2.95. The average Bonchev–Trinajstić information content (AvgIpc) is 2.92. The van der Waals surface area contributed by atoms with Crippen molar-refractivity contribution >= 4 is 23.1 Å². The monoisotopic (exact) mass is 324 g/mol. The first kappa shape index (κ1) is 15.9. The molecule has 1 amide bonds. The third kappa shape index (κ3) is 3.20. The molecule has 122 valence electrons. The van der Waals surface area contributed by atoms with Crippen LogP contribution in [0.5, 0.6) is 0 Å². The summed E-state index contributed by atoms with van der Waals surface area (Å²) in [7, 11) is 0. The summed E-state index contributed by atoms with van der Waals surface area (Å²) in [6.45, 7) is 1.97. The predicted octanol–water partition coefficient (Wildman–Crippen LogP) is 3.47. The summed E-state index contributed by atoms with van der Waals surface area (Å²) in [6, 6.07) is 13.7. The number of hydrogen-bond donors (Lipinski definition) is 1. The molecule has 2 aromatic carbocycles. The van der Waals surface area contributed by atoms with E-state index in [4.69, 9.17) is 0 Å². The summed E-state index contributed by atoms with van der Waals surface area (Å²) in [5, 5.41) is 3.43. The second-order valence-corrected chi connectivity index (χ2v) is 5.69. The number of aromatic nitrogens is 1. The van der Waals surface area contributed by atoms with Gasteiger partial charge in [0.25, 0.3) is 0 Å². The maximum atomic E-state index is 13.4. The maximum Gasteiger partial charge on any atom is 0.240 e. The predicted molar refractivity (Wildman–Crippen MR) is 90.3 cm³/mol. The molecule has 0 bridgehead atoms. The number of halogens is 1. The Morgan fingerprint density at radius 2 is 2.00 bits per heavy atom. The van der Waals surface area contributed by atoms with Crippen LogP contribution in [-0.2, 0) is 11.3 Å². The minimum absolute atomic E-state index is 0.0626. The Morgan fingerprint density at radius 3 is 2.71 bits per heavy atom. The van der Waals surface area contributed by atoms with E-state index >= 15 is 0 Å². The number of amides is 1. The number of fused-ring (bicyclic) bond motifs is 1. The van der Waals surface area contributed by atoms with Gasteiger partial charge in [0.15, 0.2) is 6.29 Å². The van der Waals surface area contributed by atoms with Crippen molar-refractivity contribution in [2.45, 2.75) is 19.5 Å². The fourth-order valence-electron chi connectivity index (χ4n) is 2.79. The molecule has 3 rings (SSSR count). The molecule has 24 heavy (non-hydrogen) atoms. The van der Waals surface area contributed by atoms with Gasteiger partial charge >= 0.3 is 0 Å². The summed E-state index contributed by atoms with van der Waals surface area (Å²) in [4.78, 5) is 23.5. The van der Waals surface area contributed by atoms with Gasteiger partial charge in [0, 0.05) is 22.7 Å². The number of carbonyl (C=O) groups is 2. The fourth-order valence-corrected chi connectivity index (χ4v) is 2.79. The van der Waals surface area contributed by atoms with E-state index in [0.717, 1.165) is 5.56 Å². The van der Waals surface area contributed by atoms with Crippen LogP contribution in [0.3, 0.4) is 0 Å². The molecule has 1 heterocycles. The number of rotatable bonds is 5. The van der Waals surface area contributed by atoms with E-state index in [1.165, 1.54) is 12.1 Å². The number of carbonyl (C=O) groups excluding carboxylic acids is 2. The van der Waals surface area contributed by atoms with Crippen molar-refractivity contribution in [1.82, 2.24) is 9.88 Å². The van der Waals surface area contributed by atoms with Crippen LogP contribution in [0.25, 0.3) is 10.9 Å².